The minimum Gasteiger partial charge on any atom is -0.428 e. The lowest BCUT2D eigenvalue weighted by Gasteiger charge is -2.20. The summed E-state index contributed by atoms with van der Waals surface area (Å²) in [6, 6.07) is 0. The van der Waals surface area contributed by atoms with Gasteiger partial charge in [0.15, 0.2) is 0 Å². The molecule has 4 aliphatic rings. The molecule has 0 bridgehead atoms. The average molecular weight is 1250 g/mol. The maximum absolute atomic E-state index is 11.7. The molecule has 452 valence electrons. The summed E-state index contributed by atoms with van der Waals surface area (Å²) in [5, 5.41) is 3.02. The summed E-state index contributed by atoms with van der Waals surface area (Å²) in [6.07, 6.45) is 18.5. The van der Waals surface area contributed by atoms with Crippen LogP contribution in [0, 0.1) is 10.8 Å². The maximum Gasteiger partial charge on any atom is 0.314 e. The van der Waals surface area contributed by atoms with E-state index in [9.17, 15) is 38.4 Å². The van der Waals surface area contributed by atoms with Gasteiger partial charge in [-0.1, -0.05) is 119 Å². The normalized spacial score (nSPS) is 19.4. The first-order chi connectivity index (χ1) is 37.0. The number of esters is 8. The highest BCUT2D eigenvalue weighted by molar-refractivity contribution is 8.78. The summed E-state index contributed by atoms with van der Waals surface area (Å²) in [5.41, 5.74) is -1.15. The van der Waals surface area contributed by atoms with Crippen LogP contribution >= 0.6 is 86.4 Å². The molecule has 0 saturated carbocycles. The van der Waals surface area contributed by atoms with Crippen molar-refractivity contribution < 1.29 is 76.3 Å². The zero-order valence-corrected chi connectivity index (χ0v) is 54.6. The Morgan fingerprint density at radius 1 is 0.410 bits per heavy atom. The SMILES string of the molecule is CC(=O)OC(C)OC(=O)CCCC[C@@H]1CCSS1.CC(C)(C)C(=O)OCOC(=O)CCCC[C@@H]1CCSS1.CC(OC(=O)CCCC[C@@H]1CCSS1)OC(=O)C(C)(C)C.CCCC(=O)OCOC(=O)CCCC[C@@H]1CCSS1. The van der Waals surface area contributed by atoms with Crippen LogP contribution in [0.3, 0.4) is 0 Å². The van der Waals surface area contributed by atoms with Crippen molar-refractivity contribution in [1.29, 1.82) is 0 Å². The highest BCUT2D eigenvalue weighted by Gasteiger charge is 2.27. The van der Waals surface area contributed by atoms with Crippen molar-refractivity contribution in [3.63, 3.8) is 0 Å². The molecule has 4 fully saturated rings. The monoisotopic (exact) mass is 1250 g/mol. The van der Waals surface area contributed by atoms with E-state index in [1.807, 2.05) is 93.3 Å². The van der Waals surface area contributed by atoms with Crippen LogP contribution in [-0.4, -0.2) is 118 Å². The van der Waals surface area contributed by atoms with Gasteiger partial charge >= 0.3 is 47.8 Å². The molecule has 24 heteroatoms. The molecule has 6 atom stereocenters. The molecule has 4 heterocycles. The zero-order valence-electron chi connectivity index (χ0n) is 48.1. The summed E-state index contributed by atoms with van der Waals surface area (Å²) in [7, 11) is 15.6. The molecule has 0 aromatic carbocycles. The standard InChI is InChI=1S/C15H26O4S2.C14H24O4S2.C13H22O4S2.C12H20O4S2/c1-11(19-14(17)15(2,3)4)18-13(16)8-6-5-7-12-9-10-20-21-12;1-14(2,3)13(16)18-10-17-12(15)7-5-4-6-11-8-9-19-20-11;1-2-5-12(14)16-10-17-13(15)7-4-3-6-11-8-9-18-19-11;1-9(13)15-10(2)16-12(14)6-4-3-5-11-7-8-17-18-11/h11-12H,5-10H2,1-4H3;11H,4-10H2,1-3H3;11H,2-10H2,1H3;10-11H,3-8H2,1-2H3/t11?,12-;2*11-;10?,11-/m1111/s1. The lowest BCUT2D eigenvalue weighted by atomic mass is 9.97. The Balaban J connectivity index is 0.000000521. The largest absolute Gasteiger partial charge is 0.428 e. The topological polar surface area (TPSA) is 210 Å². The Morgan fingerprint density at radius 3 is 1.01 bits per heavy atom. The van der Waals surface area contributed by atoms with E-state index in [0.29, 0.717) is 32.1 Å². The van der Waals surface area contributed by atoms with Crippen molar-refractivity contribution in [3.8, 4) is 0 Å². The number of ether oxygens (including phenoxy) is 8. The predicted molar refractivity (Wildman–Crippen MR) is 325 cm³/mol. The Bertz CT molecular complexity index is 1710. The van der Waals surface area contributed by atoms with Crippen molar-refractivity contribution in [2.45, 2.75) is 244 Å². The first kappa shape index (κ1) is 74.6. The second kappa shape index (κ2) is 45.1. The van der Waals surface area contributed by atoms with Gasteiger partial charge < -0.3 is 37.9 Å². The maximum atomic E-state index is 11.7. The van der Waals surface area contributed by atoms with Crippen LogP contribution in [0.5, 0.6) is 0 Å². The lowest BCUT2D eigenvalue weighted by molar-refractivity contribution is -0.191. The molecule has 0 aromatic heterocycles. The molecule has 0 radical (unpaired) electrons. The molecule has 0 amide bonds. The van der Waals surface area contributed by atoms with Crippen molar-refractivity contribution in [1.82, 2.24) is 0 Å². The smallest absolute Gasteiger partial charge is 0.314 e. The van der Waals surface area contributed by atoms with Crippen LogP contribution in [0.15, 0.2) is 0 Å². The lowest BCUT2D eigenvalue weighted by Crippen LogP contribution is -2.29. The summed E-state index contributed by atoms with van der Waals surface area (Å²) in [5.74, 6) is 2.35. The fourth-order valence-electron chi connectivity index (χ4n) is 6.87. The van der Waals surface area contributed by atoms with Gasteiger partial charge in [0.25, 0.3) is 0 Å². The zero-order chi connectivity index (χ0) is 58.2. The molecule has 78 heavy (non-hydrogen) atoms. The fraction of sp³-hybridized carbons (Fsp3) is 0.852. The molecular formula is C54H92O16S8. The van der Waals surface area contributed by atoms with Crippen LogP contribution < -0.4 is 0 Å². The second-order valence-electron chi connectivity index (χ2n) is 20.9. The Labute approximate surface area is 498 Å². The Hall–Kier alpha value is -1.44. The van der Waals surface area contributed by atoms with Gasteiger partial charge in [-0.15, -0.1) is 0 Å². The van der Waals surface area contributed by atoms with E-state index < -0.39 is 29.4 Å². The highest BCUT2D eigenvalue weighted by atomic mass is 33.1. The van der Waals surface area contributed by atoms with Crippen molar-refractivity contribution in [3.05, 3.63) is 0 Å². The molecule has 0 spiro atoms. The van der Waals surface area contributed by atoms with Crippen molar-refractivity contribution in [2.24, 2.45) is 10.8 Å². The quantitative estimate of drug-likeness (QED) is 0.0215. The Kier molecular flexibility index (Phi) is 43.1. The van der Waals surface area contributed by atoms with Gasteiger partial charge in [-0.3, -0.25) is 38.4 Å². The van der Waals surface area contributed by atoms with Crippen LogP contribution in [-0.2, 0) is 76.3 Å². The van der Waals surface area contributed by atoms with E-state index in [-0.39, 0.29) is 55.4 Å². The molecule has 16 nitrogen and oxygen atoms in total. The van der Waals surface area contributed by atoms with Crippen LogP contribution in [0.1, 0.15) is 210 Å². The number of carbonyl (C=O) groups excluding carboxylic acids is 8. The number of hydrogen-bond donors (Lipinski definition) is 0. The van der Waals surface area contributed by atoms with Gasteiger partial charge in [-0.05, 0) is 125 Å². The minimum atomic E-state index is -0.814. The first-order valence-electron chi connectivity index (χ1n) is 27.5. The predicted octanol–water partition coefficient (Wildman–Crippen LogP) is 14.7. The van der Waals surface area contributed by atoms with Gasteiger partial charge in [-0.2, -0.15) is 0 Å². The van der Waals surface area contributed by atoms with Crippen LogP contribution in [0.25, 0.3) is 0 Å². The third-order valence-electron chi connectivity index (χ3n) is 11.3. The van der Waals surface area contributed by atoms with Crippen LogP contribution in [0.2, 0.25) is 0 Å². The third kappa shape index (κ3) is 42.4. The van der Waals surface area contributed by atoms with Crippen molar-refractivity contribution in [2.75, 3.05) is 36.6 Å². The number of hydrogen-bond acceptors (Lipinski definition) is 24. The summed E-state index contributed by atoms with van der Waals surface area (Å²) >= 11 is 0. The number of unbranched alkanes of at least 4 members (excludes halogenated alkanes) is 4. The molecule has 0 N–H and O–H groups in total. The molecule has 4 aliphatic heterocycles. The van der Waals surface area contributed by atoms with Crippen molar-refractivity contribution >= 4 is 134 Å². The van der Waals surface area contributed by atoms with Gasteiger partial charge in [0.2, 0.25) is 26.2 Å². The minimum absolute atomic E-state index is 0.243. The van der Waals surface area contributed by atoms with Gasteiger partial charge in [-0.25, -0.2) is 0 Å². The van der Waals surface area contributed by atoms with E-state index in [1.54, 1.807) is 55.4 Å². The van der Waals surface area contributed by atoms with Gasteiger partial charge in [0, 0.05) is 96.9 Å². The third-order valence-corrected chi connectivity index (χ3v) is 23.3. The van der Waals surface area contributed by atoms with E-state index in [0.717, 1.165) is 78.8 Å². The van der Waals surface area contributed by atoms with E-state index in [1.165, 1.54) is 81.3 Å². The van der Waals surface area contributed by atoms with Gasteiger partial charge in [0.1, 0.15) is 0 Å². The fourth-order valence-corrected chi connectivity index (χ4v) is 19.0. The summed E-state index contributed by atoms with van der Waals surface area (Å²) in [6.45, 7) is 16.4. The summed E-state index contributed by atoms with van der Waals surface area (Å²) < 4.78 is 39.2. The summed E-state index contributed by atoms with van der Waals surface area (Å²) in [4.78, 5) is 90.6. The molecular weight excluding hydrogens is 1160 g/mol. The molecule has 0 aliphatic carbocycles. The molecule has 4 rings (SSSR count). The first-order valence-corrected chi connectivity index (χ1v) is 37.1. The van der Waals surface area contributed by atoms with E-state index >= 15 is 0 Å². The van der Waals surface area contributed by atoms with Crippen LogP contribution in [0.4, 0.5) is 0 Å². The highest BCUT2D eigenvalue weighted by Crippen LogP contribution is 2.42. The number of rotatable bonds is 30. The molecule has 0 aromatic rings. The number of carbonyl (C=O) groups is 8. The molecule has 4 saturated heterocycles. The van der Waals surface area contributed by atoms with E-state index in [2.05, 4.69) is 0 Å². The van der Waals surface area contributed by atoms with Gasteiger partial charge in [0.05, 0.1) is 10.8 Å². The average Bonchev–Trinajstić information content (AvgIpc) is 4.23. The van der Waals surface area contributed by atoms with E-state index in [4.69, 9.17) is 37.9 Å². The molecule has 2 unspecified atom stereocenters. The second-order valence-corrected chi connectivity index (χ2v) is 32.0. The Morgan fingerprint density at radius 2 is 0.718 bits per heavy atom.